The number of rotatable bonds is 5. The minimum absolute atomic E-state index is 0.444. The van der Waals surface area contributed by atoms with Gasteiger partial charge < -0.3 is 5.11 Å². The van der Waals surface area contributed by atoms with Gasteiger partial charge in [0.25, 0.3) is 5.69 Å². The molecule has 8 nitrogen and oxygen atoms in total. The molecular formula is C9H9FN2O6S. The first-order valence-electron chi connectivity index (χ1n) is 4.84. The van der Waals surface area contributed by atoms with Crippen LogP contribution in [-0.2, 0) is 14.8 Å². The molecule has 0 aliphatic heterocycles. The molecule has 0 amide bonds. The van der Waals surface area contributed by atoms with Gasteiger partial charge in [-0.3, -0.25) is 14.9 Å². The summed E-state index contributed by atoms with van der Waals surface area (Å²) in [5.74, 6) is -2.77. The van der Waals surface area contributed by atoms with E-state index in [-0.39, 0.29) is 0 Å². The molecule has 19 heavy (non-hydrogen) atoms. The molecule has 0 heterocycles. The SMILES string of the molecule is C[C@H](NS(=O)(=O)c1ccc([N+](=O)[O-])cc1F)C(=O)O. The Kier molecular flexibility index (Phi) is 4.17. The van der Waals surface area contributed by atoms with Crippen molar-refractivity contribution in [3.63, 3.8) is 0 Å². The van der Waals surface area contributed by atoms with Crippen LogP contribution >= 0.6 is 0 Å². The zero-order valence-corrected chi connectivity index (χ0v) is 10.3. The summed E-state index contributed by atoms with van der Waals surface area (Å²) in [6.07, 6.45) is 0. The number of halogens is 1. The van der Waals surface area contributed by atoms with Crippen LogP contribution in [0.5, 0.6) is 0 Å². The lowest BCUT2D eigenvalue weighted by Crippen LogP contribution is -2.38. The Morgan fingerprint density at radius 2 is 2.11 bits per heavy atom. The third-order valence-corrected chi connectivity index (χ3v) is 3.69. The van der Waals surface area contributed by atoms with Crippen molar-refractivity contribution < 1.29 is 27.6 Å². The first-order chi connectivity index (χ1) is 8.65. The minimum atomic E-state index is -4.41. The molecule has 104 valence electrons. The molecule has 2 N–H and O–H groups in total. The van der Waals surface area contributed by atoms with Crippen molar-refractivity contribution in [2.24, 2.45) is 0 Å². The number of carbonyl (C=O) groups is 1. The van der Waals surface area contributed by atoms with Crippen molar-refractivity contribution in [1.29, 1.82) is 0 Å². The van der Waals surface area contributed by atoms with E-state index < -0.39 is 43.4 Å². The van der Waals surface area contributed by atoms with Gasteiger partial charge in [-0.1, -0.05) is 0 Å². The number of hydrogen-bond acceptors (Lipinski definition) is 5. The molecule has 10 heteroatoms. The largest absolute Gasteiger partial charge is 0.480 e. The number of non-ortho nitro benzene ring substituents is 1. The monoisotopic (exact) mass is 292 g/mol. The maximum absolute atomic E-state index is 13.5. The summed E-state index contributed by atoms with van der Waals surface area (Å²) in [4.78, 5) is 19.2. The van der Waals surface area contributed by atoms with Crippen LogP contribution in [0.1, 0.15) is 6.92 Å². The minimum Gasteiger partial charge on any atom is -0.480 e. The van der Waals surface area contributed by atoms with Gasteiger partial charge in [-0.2, -0.15) is 4.72 Å². The highest BCUT2D eigenvalue weighted by molar-refractivity contribution is 7.89. The highest BCUT2D eigenvalue weighted by Gasteiger charge is 2.25. The number of nitrogens with zero attached hydrogens (tertiary/aromatic N) is 1. The Hall–Kier alpha value is -2.07. The van der Waals surface area contributed by atoms with Crippen molar-refractivity contribution in [2.75, 3.05) is 0 Å². The fourth-order valence-corrected chi connectivity index (χ4v) is 2.42. The number of aliphatic carboxylic acids is 1. The summed E-state index contributed by atoms with van der Waals surface area (Å²) in [7, 11) is -4.41. The average molecular weight is 292 g/mol. The van der Waals surface area contributed by atoms with Gasteiger partial charge in [0, 0.05) is 6.07 Å². The Labute approximate surface area is 107 Å². The fraction of sp³-hybridized carbons (Fsp3) is 0.222. The second-order valence-electron chi connectivity index (χ2n) is 3.55. The van der Waals surface area contributed by atoms with Crippen LogP contribution in [0.2, 0.25) is 0 Å². The Morgan fingerprint density at radius 1 is 1.53 bits per heavy atom. The van der Waals surface area contributed by atoms with Gasteiger partial charge >= 0.3 is 5.97 Å². The molecule has 0 radical (unpaired) electrons. The maximum Gasteiger partial charge on any atom is 0.321 e. The summed E-state index contributed by atoms with van der Waals surface area (Å²) in [5, 5.41) is 18.9. The van der Waals surface area contributed by atoms with Crippen molar-refractivity contribution >= 4 is 21.7 Å². The van der Waals surface area contributed by atoms with Crippen LogP contribution in [0, 0.1) is 15.9 Å². The van der Waals surface area contributed by atoms with Crippen LogP contribution in [0.15, 0.2) is 23.1 Å². The van der Waals surface area contributed by atoms with Crippen LogP contribution in [0.4, 0.5) is 10.1 Å². The molecule has 0 aromatic heterocycles. The molecule has 0 unspecified atom stereocenters. The predicted octanol–water partition coefficient (Wildman–Crippen LogP) is 0.485. The van der Waals surface area contributed by atoms with Crippen molar-refractivity contribution in [1.82, 2.24) is 4.72 Å². The van der Waals surface area contributed by atoms with Crippen molar-refractivity contribution in [2.45, 2.75) is 17.9 Å². The van der Waals surface area contributed by atoms with Gasteiger partial charge in [0.2, 0.25) is 10.0 Å². The second-order valence-corrected chi connectivity index (χ2v) is 5.24. The second kappa shape index (κ2) is 5.28. The maximum atomic E-state index is 13.5. The predicted molar refractivity (Wildman–Crippen MR) is 60.5 cm³/mol. The highest BCUT2D eigenvalue weighted by atomic mass is 32.2. The van der Waals surface area contributed by atoms with Gasteiger partial charge in [-0.15, -0.1) is 0 Å². The molecule has 0 spiro atoms. The quantitative estimate of drug-likeness (QED) is 0.600. The lowest BCUT2D eigenvalue weighted by atomic mass is 10.3. The molecular weight excluding hydrogens is 283 g/mol. The zero-order valence-electron chi connectivity index (χ0n) is 9.53. The van der Waals surface area contributed by atoms with Gasteiger partial charge in [-0.05, 0) is 13.0 Å². The van der Waals surface area contributed by atoms with E-state index in [0.717, 1.165) is 13.0 Å². The standard InChI is InChI=1S/C9H9FN2O6S/c1-5(9(13)14)11-19(17,18)8-3-2-6(12(15)16)4-7(8)10/h2-5,11H,1H3,(H,13,14)/t5-/m0/s1. The molecule has 0 aliphatic carbocycles. The number of benzene rings is 1. The third kappa shape index (κ3) is 3.45. The molecule has 0 bridgehead atoms. The fourth-order valence-electron chi connectivity index (χ4n) is 1.17. The summed E-state index contributed by atoms with van der Waals surface area (Å²) >= 11 is 0. The number of sulfonamides is 1. The first kappa shape index (κ1) is 15.0. The van der Waals surface area contributed by atoms with Gasteiger partial charge in [-0.25, -0.2) is 12.8 Å². The van der Waals surface area contributed by atoms with E-state index in [1.54, 1.807) is 4.72 Å². The number of hydrogen-bond donors (Lipinski definition) is 2. The number of nitro groups is 1. The Morgan fingerprint density at radius 3 is 2.53 bits per heavy atom. The molecule has 1 aromatic carbocycles. The number of carboxylic acids is 1. The smallest absolute Gasteiger partial charge is 0.321 e. The van der Waals surface area contributed by atoms with E-state index >= 15 is 0 Å². The van der Waals surface area contributed by atoms with Gasteiger partial charge in [0.05, 0.1) is 11.0 Å². The Balaban J connectivity index is 3.16. The van der Waals surface area contributed by atoms with Crippen molar-refractivity contribution in [3.05, 3.63) is 34.1 Å². The first-order valence-corrected chi connectivity index (χ1v) is 6.32. The molecule has 1 atom stereocenters. The molecule has 0 saturated heterocycles. The highest BCUT2D eigenvalue weighted by Crippen LogP contribution is 2.20. The van der Waals surface area contributed by atoms with Crippen LogP contribution in [0.3, 0.4) is 0 Å². The molecule has 1 rings (SSSR count). The van der Waals surface area contributed by atoms with E-state index in [1.807, 2.05) is 0 Å². The lowest BCUT2D eigenvalue weighted by Gasteiger charge is -2.10. The van der Waals surface area contributed by atoms with Crippen LogP contribution in [-0.4, -0.2) is 30.5 Å². The third-order valence-electron chi connectivity index (χ3n) is 2.12. The topological polar surface area (TPSA) is 127 Å². The van der Waals surface area contributed by atoms with E-state index in [1.165, 1.54) is 0 Å². The van der Waals surface area contributed by atoms with Crippen LogP contribution in [0.25, 0.3) is 0 Å². The number of nitro benzene ring substituents is 1. The molecule has 0 aliphatic rings. The van der Waals surface area contributed by atoms with Gasteiger partial charge in [0.1, 0.15) is 16.8 Å². The normalized spacial score (nSPS) is 12.9. The summed E-state index contributed by atoms with van der Waals surface area (Å²) in [6, 6.07) is 0.493. The van der Waals surface area contributed by atoms with Crippen LogP contribution < -0.4 is 4.72 Å². The number of nitrogens with one attached hydrogen (secondary N) is 1. The van der Waals surface area contributed by atoms with E-state index in [2.05, 4.69) is 0 Å². The average Bonchev–Trinajstić information content (AvgIpc) is 2.27. The summed E-state index contributed by atoms with van der Waals surface area (Å²) in [6.45, 7) is 1.06. The molecule has 1 aromatic rings. The molecule has 0 saturated carbocycles. The molecule has 0 fully saturated rings. The lowest BCUT2D eigenvalue weighted by molar-refractivity contribution is -0.385. The summed E-state index contributed by atoms with van der Waals surface area (Å²) in [5.41, 5.74) is -0.609. The van der Waals surface area contributed by atoms with E-state index in [0.29, 0.717) is 12.1 Å². The number of carboxylic acid groups (broad SMARTS) is 1. The summed E-state index contributed by atoms with van der Waals surface area (Å²) < 4.78 is 38.5. The van der Waals surface area contributed by atoms with E-state index in [9.17, 15) is 27.7 Å². The van der Waals surface area contributed by atoms with E-state index in [4.69, 9.17) is 5.11 Å². The zero-order chi connectivity index (χ0) is 14.8. The van der Waals surface area contributed by atoms with Crippen molar-refractivity contribution in [3.8, 4) is 0 Å². The van der Waals surface area contributed by atoms with Gasteiger partial charge in [0.15, 0.2) is 0 Å². The Bertz CT molecular complexity index is 630.